The molecule has 0 aromatic carbocycles. The number of thiophene rings is 1. The second kappa shape index (κ2) is 7.62. The fourth-order valence-corrected chi connectivity index (χ4v) is 4.30. The van der Waals surface area contributed by atoms with Crippen LogP contribution in [0.25, 0.3) is 0 Å². The largest absolute Gasteiger partial charge is 0.377 e. The summed E-state index contributed by atoms with van der Waals surface area (Å²) in [5.74, 6) is 0.618. The quantitative estimate of drug-likeness (QED) is 0.824. The Hall–Kier alpha value is -0.460. The zero-order chi connectivity index (χ0) is 16.3. The van der Waals surface area contributed by atoms with E-state index in [0.29, 0.717) is 12.0 Å². The maximum atomic E-state index is 6.31. The number of ether oxygens (including phenoxy) is 2. The Morgan fingerprint density at radius 1 is 1.48 bits per heavy atom. The molecular formula is C18H30N2O2S. The highest BCUT2D eigenvalue weighted by Crippen LogP contribution is 2.33. The molecular weight excluding hydrogens is 308 g/mol. The topological polar surface area (TPSA) is 24.9 Å². The van der Waals surface area contributed by atoms with E-state index in [4.69, 9.17) is 9.47 Å². The average molecular weight is 339 g/mol. The highest BCUT2D eigenvalue weighted by atomic mass is 32.1. The molecule has 1 aromatic rings. The molecule has 4 nitrogen and oxygen atoms in total. The molecule has 3 heterocycles. The van der Waals surface area contributed by atoms with Crippen LogP contribution in [0.4, 0.5) is 0 Å². The number of hydrogen-bond donors (Lipinski definition) is 0. The van der Waals surface area contributed by atoms with Crippen molar-refractivity contribution in [2.75, 3.05) is 46.5 Å². The Morgan fingerprint density at radius 3 is 3.09 bits per heavy atom. The van der Waals surface area contributed by atoms with E-state index < -0.39 is 0 Å². The van der Waals surface area contributed by atoms with Gasteiger partial charge >= 0.3 is 0 Å². The van der Waals surface area contributed by atoms with Gasteiger partial charge in [0.1, 0.15) is 5.60 Å². The Labute approximate surface area is 144 Å². The Bertz CT molecular complexity index is 479. The lowest BCUT2D eigenvalue weighted by Crippen LogP contribution is -2.44. The van der Waals surface area contributed by atoms with E-state index in [1.165, 1.54) is 5.56 Å². The lowest BCUT2D eigenvalue weighted by atomic mass is 9.93. The molecule has 0 bridgehead atoms. The van der Waals surface area contributed by atoms with Crippen LogP contribution in [0.15, 0.2) is 16.8 Å². The zero-order valence-corrected chi connectivity index (χ0v) is 15.5. The summed E-state index contributed by atoms with van der Waals surface area (Å²) in [6.45, 7) is 11.0. The first-order valence-electron chi connectivity index (χ1n) is 8.72. The van der Waals surface area contributed by atoms with Gasteiger partial charge in [-0.25, -0.2) is 0 Å². The van der Waals surface area contributed by atoms with Crippen LogP contribution in [0.3, 0.4) is 0 Å². The van der Waals surface area contributed by atoms with Crippen LogP contribution in [-0.4, -0.2) is 67.9 Å². The standard InChI is InChI=1S/C18H30N2O2S/c1-15(2)19(3)9-17-8-18(22-11-17)13-20(5-6-21-14-18)10-16-4-7-23-12-16/h4,7,12,15,17H,5-6,8-11,13-14H2,1-3H3/t17-,18+/m0/s1. The predicted molar refractivity (Wildman–Crippen MR) is 95.0 cm³/mol. The van der Waals surface area contributed by atoms with Crippen molar-refractivity contribution in [2.45, 2.75) is 38.5 Å². The molecule has 23 heavy (non-hydrogen) atoms. The van der Waals surface area contributed by atoms with E-state index in [2.05, 4.69) is 47.5 Å². The van der Waals surface area contributed by atoms with Crippen molar-refractivity contribution < 1.29 is 9.47 Å². The van der Waals surface area contributed by atoms with Crippen molar-refractivity contribution in [3.63, 3.8) is 0 Å². The van der Waals surface area contributed by atoms with E-state index in [0.717, 1.165) is 52.4 Å². The lowest BCUT2D eigenvalue weighted by molar-refractivity contribution is -0.0563. The molecule has 130 valence electrons. The zero-order valence-electron chi connectivity index (χ0n) is 14.7. The van der Waals surface area contributed by atoms with Crippen LogP contribution < -0.4 is 0 Å². The second-order valence-corrected chi connectivity index (χ2v) is 8.27. The SMILES string of the molecule is CC(C)N(C)C[C@H]1CO[C@]2(COCCN(Cc3ccsc3)C2)C1. The van der Waals surface area contributed by atoms with Crippen LogP contribution >= 0.6 is 11.3 Å². The monoisotopic (exact) mass is 338 g/mol. The number of nitrogens with zero attached hydrogens (tertiary/aromatic N) is 2. The van der Waals surface area contributed by atoms with Crippen molar-refractivity contribution in [3.8, 4) is 0 Å². The van der Waals surface area contributed by atoms with E-state index in [1.807, 2.05) is 0 Å². The fraction of sp³-hybridized carbons (Fsp3) is 0.778. The minimum atomic E-state index is -0.102. The van der Waals surface area contributed by atoms with Crippen LogP contribution in [-0.2, 0) is 16.0 Å². The molecule has 0 unspecified atom stereocenters. The Morgan fingerprint density at radius 2 is 2.35 bits per heavy atom. The lowest BCUT2D eigenvalue weighted by Gasteiger charge is -2.31. The predicted octanol–water partition coefficient (Wildman–Crippen LogP) is 2.70. The van der Waals surface area contributed by atoms with Gasteiger partial charge in [0.05, 0.1) is 19.8 Å². The van der Waals surface area contributed by atoms with Crippen molar-refractivity contribution >= 4 is 11.3 Å². The van der Waals surface area contributed by atoms with Crippen molar-refractivity contribution in [1.82, 2.24) is 9.80 Å². The summed E-state index contributed by atoms with van der Waals surface area (Å²) in [5, 5.41) is 4.40. The summed E-state index contributed by atoms with van der Waals surface area (Å²) in [6, 6.07) is 2.81. The molecule has 0 amide bonds. The highest BCUT2D eigenvalue weighted by molar-refractivity contribution is 7.07. The average Bonchev–Trinajstić information content (AvgIpc) is 3.09. The summed E-state index contributed by atoms with van der Waals surface area (Å²) < 4.78 is 12.2. The molecule has 0 aliphatic carbocycles. The van der Waals surface area contributed by atoms with Gasteiger partial charge in [0.15, 0.2) is 0 Å². The normalized spacial score (nSPS) is 29.7. The Balaban J connectivity index is 1.59. The smallest absolute Gasteiger partial charge is 0.104 e. The van der Waals surface area contributed by atoms with Gasteiger partial charge in [-0.15, -0.1) is 0 Å². The maximum absolute atomic E-state index is 6.31. The summed E-state index contributed by atoms with van der Waals surface area (Å²) in [7, 11) is 2.21. The molecule has 0 radical (unpaired) electrons. The maximum Gasteiger partial charge on any atom is 0.104 e. The van der Waals surface area contributed by atoms with E-state index in [1.54, 1.807) is 11.3 Å². The van der Waals surface area contributed by atoms with Crippen molar-refractivity contribution in [2.24, 2.45) is 5.92 Å². The van der Waals surface area contributed by atoms with Gasteiger partial charge < -0.3 is 14.4 Å². The second-order valence-electron chi connectivity index (χ2n) is 7.49. The first-order valence-corrected chi connectivity index (χ1v) is 9.66. The molecule has 5 heteroatoms. The summed E-state index contributed by atoms with van der Waals surface area (Å²) in [6.07, 6.45) is 1.12. The van der Waals surface area contributed by atoms with E-state index in [-0.39, 0.29) is 5.60 Å². The molecule has 1 aromatic heterocycles. The summed E-state index contributed by atoms with van der Waals surface area (Å²) in [5.41, 5.74) is 1.30. The molecule has 2 fully saturated rings. The minimum absolute atomic E-state index is 0.102. The van der Waals surface area contributed by atoms with Gasteiger partial charge in [0, 0.05) is 32.2 Å². The van der Waals surface area contributed by atoms with Crippen LogP contribution in [0.1, 0.15) is 25.8 Å². The molecule has 2 aliphatic rings. The van der Waals surface area contributed by atoms with Crippen molar-refractivity contribution in [1.29, 1.82) is 0 Å². The minimum Gasteiger partial charge on any atom is -0.377 e. The molecule has 2 saturated heterocycles. The third-order valence-corrected chi connectivity index (χ3v) is 5.86. The molecule has 0 saturated carbocycles. The molecule has 1 spiro atoms. The fourth-order valence-electron chi connectivity index (χ4n) is 3.64. The van der Waals surface area contributed by atoms with Gasteiger partial charge in [-0.2, -0.15) is 11.3 Å². The van der Waals surface area contributed by atoms with Gasteiger partial charge in [-0.1, -0.05) is 0 Å². The highest BCUT2D eigenvalue weighted by Gasteiger charge is 2.43. The van der Waals surface area contributed by atoms with Gasteiger partial charge in [0.2, 0.25) is 0 Å². The summed E-state index contributed by atoms with van der Waals surface area (Å²) in [4.78, 5) is 4.93. The van der Waals surface area contributed by atoms with E-state index in [9.17, 15) is 0 Å². The van der Waals surface area contributed by atoms with Gasteiger partial charge in [0.25, 0.3) is 0 Å². The van der Waals surface area contributed by atoms with Gasteiger partial charge in [-0.3, -0.25) is 4.90 Å². The van der Waals surface area contributed by atoms with Crippen LogP contribution in [0.5, 0.6) is 0 Å². The first-order chi connectivity index (χ1) is 11.1. The van der Waals surface area contributed by atoms with Crippen molar-refractivity contribution in [3.05, 3.63) is 22.4 Å². The van der Waals surface area contributed by atoms with Crippen LogP contribution in [0, 0.1) is 5.92 Å². The Kier molecular flexibility index (Phi) is 5.75. The van der Waals surface area contributed by atoms with Gasteiger partial charge in [-0.05, 0) is 55.6 Å². The molecule has 2 aliphatic heterocycles. The molecule has 2 atom stereocenters. The third-order valence-electron chi connectivity index (χ3n) is 5.13. The number of hydrogen-bond acceptors (Lipinski definition) is 5. The molecule has 3 rings (SSSR count). The third kappa shape index (κ3) is 4.54. The van der Waals surface area contributed by atoms with Crippen LogP contribution in [0.2, 0.25) is 0 Å². The molecule has 0 N–H and O–H groups in total. The van der Waals surface area contributed by atoms with E-state index >= 15 is 0 Å². The number of rotatable bonds is 5. The first kappa shape index (κ1) is 17.4. The summed E-state index contributed by atoms with van der Waals surface area (Å²) >= 11 is 1.77.